The second-order valence-electron chi connectivity index (χ2n) is 3.68. The van der Waals surface area contributed by atoms with Gasteiger partial charge in [0.25, 0.3) is 5.91 Å². The van der Waals surface area contributed by atoms with Gasteiger partial charge in [0.2, 0.25) is 0 Å². The Kier molecular flexibility index (Phi) is 4.68. The molecular weight excluding hydrogens is 292 g/mol. The summed E-state index contributed by atoms with van der Waals surface area (Å²) >= 11 is 3.25. The highest BCUT2D eigenvalue weighted by Crippen LogP contribution is 2.18. The van der Waals surface area contributed by atoms with Crippen molar-refractivity contribution in [3.63, 3.8) is 0 Å². The lowest BCUT2D eigenvalue weighted by molar-refractivity contribution is -0.402. The molecule has 0 N–H and O–H groups in total. The summed E-state index contributed by atoms with van der Waals surface area (Å²) in [5.41, 5.74) is 0. The zero-order chi connectivity index (χ0) is 13.0. The van der Waals surface area contributed by atoms with Gasteiger partial charge in [0.1, 0.15) is 4.92 Å². The standard InChI is InChI=1S/C10H13BrN2O4/c1-7(2)12(6-5-11)10(14)8-3-4-9(17-8)13(15)16/h3-4,7H,5-6H2,1-2H3. The third kappa shape index (κ3) is 3.29. The first-order chi connectivity index (χ1) is 7.97. The molecule has 0 atom stereocenters. The third-order valence-corrected chi connectivity index (χ3v) is 2.55. The minimum absolute atomic E-state index is 0.00389. The molecule has 0 aromatic carbocycles. The minimum atomic E-state index is -0.666. The van der Waals surface area contributed by atoms with Gasteiger partial charge in [-0.2, -0.15) is 0 Å². The number of alkyl halides is 1. The Morgan fingerprint density at radius 2 is 2.24 bits per heavy atom. The molecular formula is C10H13BrN2O4. The number of hydrogen-bond acceptors (Lipinski definition) is 4. The third-order valence-electron chi connectivity index (χ3n) is 2.19. The van der Waals surface area contributed by atoms with Gasteiger partial charge in [-0.3, -0.25) is 14.9 Å². The van der Waals surface area contributed by atoms with E-state index in [-0.39, 0.29) is 17.7 Å². The summed E-state index contributed by atoms with van der Waals surface area (Å²) in [5.74, 6) is -0.769. The fourth-order valence-electron chi connectivity index (χ4n) is 1.37. The summed E-state index contributed by atoms with van der Waals surface area (Å²) in [6.45, 7) is 4.26. The quantitative estimate of drug-likeness (QED) is 0.475. The van der Waals surface area contributed by atoms with Crippen LogP contribution < -0.4 is 0 Å². The van der Waals surface area contributed by atoms with Crippen LogP contribution in [0.1, 0.15) is 24.4 Å². The second kappa shape index (κ2) is 5.81. The van der Waals surface area contributed by atoms with Crippen LogP contribution in [-0.2, 0) is 0 Å². The zero-order valence-corrected chi connectivity index (χ0v) is 11.1. The van der Waals surface area contributed by atoms with E-state index in [4.69, 9.17) is 4.42 Å². The van der Waals surface area contributed by atoms with Gasteiger partial charge in [0.05, 0.1) is 6.07 Å². The summed E-state index contributed by atoms with van der Waals surface area (Å²) in [7, 11) is 0. The maximum absolute atomic E-state index is 12.0. The molecule has 0 saturated carbocycles. The van der Waals surface area contributed by atoms with E-state index in [9.17, 15) is 14.9 Å². The van der Waals surface area contributed by atoms with Crippen LogP contribution in [0.4, 0.5) is 5.88 Å². The Bertz CT molecular complexity index is 416. The summed E-state index contributed by atoms with van der Waals surface area (Å²) in [5, 5.41) is 11.1. The fourth-order valence-corrected chi connectivity index (χ4v) is 1.75. The number of halogens is 1. The molecule has 0 spiro atoms. The lowest BCUT2D eigenvalue weighted by atomic mass is 10.3. The van der Waals surface area contributed by atoms with E-state index in [0.717, 1.165) is 0 Å². The van der Waals surface area contributed by atoms with Crippen LogP contribution in [-0.4, -0.2) is 33.6 Å². The second-order valence-corrected chi connectivity index (χ2v) is 4.47. The predicted molar refractivity (Wildman–Crippen MR) is 65.3 cm³/mol. The summed E-state index contributed by atoms with van der Waals surface area (Å²) in [6.07, 6.45) is 0. The van der Waals surface area contributed by atoms with Crippen molar-refractivity contribution >= 4 is 27.7 Å². The number of nitrogens with zero attached hydrogens (tertiary/aromatic N) is 2. The Morgan fingerprint density at radius 1 is 1.59 bits per heavy atom. The molecule has 6 nitrogen and oxygen atoms in total. The van der Waals surface area contributed by atoms with Crippen LogP contribution in [0.2, 0.25) is 0 Å². The largest absolute Gasteiger partial charge is 0.433 e. The highest BCUT2D eigenvalue weighted by atomic mass is 79.9. The SMILES string of the molecule is CC(C)N(CCBr)C(=O)c1ccc([N+](=O)[O-])o1. The molecule has 1 heterocycles. The number of nitro groups is 1. The van der Waals surface area contributed by atoms with Crippen molar-refractivity contribution in [3.05, 3.63) is 28.0 Å². The van der Waals surface area contributed by atoms with Gasteiger partial charge in [-0.15, -0.1) is 0 Å². The zero-order valence-electron chi connectivity index (χ0n) is 9.55. The molecule has 1 aromatic heterocycles. The smallest absolute Gasteiger partial charge is 0.395 e. The van der Waals surface area contributed by atoms with Crippen LogP contribution in [0, 0.1) is 10.1 Å². The van der Waals surface area contributed by atoms with Gasteiger partial charge in [-0.05, 0) is 19.9 Å². The van der Waals surface area contributed by atoms with Crippen molar-refractivity contribution in [2.24, 2.45) is 0 Å². The molecule has 1 aromatic rings. The van der Waals surface area contributed by atoms with E-state index in [1.165, 1.54) is 12.1 Å². The highest BCUT2D eigenvalue weighted by molar-refractivity contribution is 9.09. The Hall–Kier alpha value is -1.37. The normalized spacial score (nSPS) is 10.6. The molecule has 0 aliphatic heterocycles. The van der Waals surface area contributed by atoms with Crippen LogP contribution in [0.5, 0.6) is 0 Å². The van der Waals surface area contributed by atoms with Gasteiger partial charge >= 0.3 is 5.88 Å². The summed E-state index contributed by atoms with van der Waals surface area (Å²) in [4.78, 5) is 23.4. The number of carbonyl (C=O) groups excluding carboxylic acids is 1. The molecule has 17 heavy (non-hydrogen) atoms. The van der Waals surface area contributed by atoms with Crippen LogP contribution in [0.25, 0.3) is 0 Å². The van der Waals surface area contributed by atoms with Gasteiger partial charge in [0.15, 0.2) is 5.76 Å². The summed E-state index contributed by atoms with van der Waals surface area (Å²) in [6, 6.07) is 2.51. The Morgan fingerprint density at radius 3 is 2.65 bits per heavy atom. The molecule has 0 saturated heterocycles. The first kappa shape index (κ1) is 13.7. The Labute approximate surface area is 107 Å². The van der Waals surface area contributed by atoms with Crippen molar-refractivity contribution in [2.45, 2.75) is 19.9 Å². The van der Waals surface area contributed by atoms with Gasteiger partial charge in [-0.25, -0.2) is 0 Å². The number of hydrogen-bond donors (Lipinski definition) is 0. The van der Waals surface area contributed by atoms with Crippen LogP contribution >= 0.6 is 15.9 Å². The van der Waals surface area contributed by atoms with E-state index in [2.05, 4.69) is 15.9 Å². The van der Waals surface area contributed by atoms with Crippen molar-refractivity contribution in [1.82, 2.24) is 4.90 Å². The maximum atomic E-state index is 12.0. The molecule has 1 amide bonds. The maximum Gasteiger partial charge on any atom is 0.433 e. The van der Waals surface area contributed by atoms with Gasteiger partial charge in [0, 0.05) is 17.9 Å². The number of carbonyl (C=O) groups is 1. The van der Waals surface area contributed by atoms with Gasteiger partial charge < -0.3 is 9.32 Å². The van der Waals surface area contributed by atoms with Crippen LogP contribution in [0.15, 0.2) is 16.5 Å². The highest BCUT2D eigenvalue weighted by Gasteiger charge is 2.23. The molecule has 94 valence electrons. The Balaban J connectivity index is 2.89. The molecule has 0 radical (unpaired) electrons. The fraction of sp³-hybridized carbons (Fsp3) is 0.500. The summed E-state index contributed by atoms with van der Waals surface area (Å²) < 4.78 is 4.88. The first-order valence-corrected chi connectivity index (χ1v) is 6.20. The topological polar surface area (TPSA) is 76.6 Å². The van der Waals surface area contributed by atoms with E-state index in [0.29, 0.717) is 11.9 Å². The van der Waals surface area contributed by atoms with Gasteiger partial charge in [-0.1, -0.05) is 15.9 Å². The van der Waals surface area contributed by atoms with Crippen molar-refractivity contribution in [3.8, 4) is 0 Å². The molecule has 7 heteroatoms. The van der Waals surface area contributed by atoms with Crippen LogP contribution in [0.3, 0.4) is 0 Å². The molecule has 0 aliphatic rings. The van der Waals surface area contributed by atoms with Crippen molar-refractivity contribution in [1.29, 1.82) is 0 Å². The molecule has 1 rings (SSSR count). The monoisotopic (exact) mass is 304 g/mol. The van der Waals surface area contributed by atoms with E-state index in [1.54, 1.807) is 4.90 Å². The number of rotatable bonds is 5. The van der Waals surface area contributed by atoms with E-state index in [1.807, 2.05) is 13.8 Å². The molecule has 0 fully saturated rings. The molecule has 0 bridgehead atoms. The number of amides is 1. The first-order valence-electron chi connectivity index (χ1n) is 5.08. The lowest BCUT2D eigenvalue weighted by Gasteiger charge is -2.24. The molecule has 0 unspecified atom stereocenters. The van der Waals surface area contributed by atoms with E-state index < -0.39 is 10.8 Å². The number of furan rings is 1. The van der Waals surface area contributed by atoms with E-state index >= 15 is 0 Å². The minimum Gasteiger partial charge on any atom is -0.395 e. The molecule has 0 aliphatic carbocycles. The average molecular weight is 305 g/mol. The predicted octanol–water partition coefficient (Wildman–Crippen LogP) is 2.43. The lowest BCUT2D eigenvalue weighted by Crippen LogP contribution is -2.38. The average Bonchev–Trinajstić information content (AvgIpc) is 2.73. The van der Waals surface area contributed by atoms with Crippen molar-refractivity contribution in [2.75, 3.05) is 11.9 Å². The van der Waals surface area contributed by atoms with Crippen molar-refractivity contribution < 1.29 is 14.1 Å².